The van der Waals surface area contributed by atoms with Crippen molar-refractivity contribution in [3.63, 3.8) is 0 Å². The highest BCUT2D eigenvalue weighted by molar-refractivity contribution is 5.80. The van der Waals surface area contributed by atoms with Crippen LogP contribution in [0.1, 0.15) is 56.6 Å². The SMILES string of the molecule is O=C(N[C@@H](CCN1CC2CN(C(=O)C3CCCCC3)CC2C1)c1ccccc1)C1CCOC1. The number of rotatable bonds is 7. The number of nitrogens with zero attached hydrogens (tertiary/aromatic N) is 2. The molecule has 4 aliphatic rings. The number of nitrogens with one attached hydrogen (secondary N) is 1. The van der Waals surface area contributed by atoms with Crippen molar-refractivity contribution in [1.82, 2.24) is 15.1 Å². The van der Waals surface area contributed by atoms with E-state index in [2.05, 4.69) is 27.2 Å². The lowest BCUT2D eigenvalue weighted by Crippen LogP contribution is -2.39. The van der Waals surface area contributed by atoms with E-state index >= 15 is 0 Å². The number of fused-ring (bicyclic) bond motifs is 1. The minimum atomic E-state index is -0.0185. The fourth-order valence-electron chi connectivity index (χ4n) is 6.41. The summed E-state index contributed by atoms with van der Waals surface area (Å²) in [6.07, 6.45) is 7.65. The molecule has 0 radical (unpaired) electrons. The van der Waals surface area contributed by atoms with E-state index in [0.29, 0.717) is 31.0 Å². The largest absolute Gasteiger partial charge is 0.381 e. The number of ether oxygens (including phenoxy) is 1. The lowest BCUT2D eigenvalue weighted by atomic mass is 9.88. The van der Waals surface area contributed by atoms with Gasteiger partial charge >= 0.3 is 0 Å². The molecule has 180 valence electrons. The maximum Gasteiger partial charge on any atom is 0.226 e. The molecule has 1 aliphatic carbocycles. The summed E-state index contributed by atoms with van der Waals surface area (Å²) in [4.78, 5) is 30.5. The summed E-state index contributed by atoms with van der Waals surface area (Å²) in [6, 6.07) is 10.4. The normalized spacial score (nSPS) is 29.2. The van der Waals surface area contributed by atoms with Crippen LogP contribution in [0.25, 0.3) is 0 Å². The van der Waals surface area contributed by atoms with Crippen molar-refractivity contribution >= 4 is 11.8 Å². The van der Waals surface area contributed by atoms with Crippen LogP contribution in [0.2, 0.25) is 0 Å². The lowest BCUT2D eigenvalue weighted by Gasteiger charge is -2.28. The number of hydrogen-bond donors (Lipinski definition) is 1. The Morgan fingerprint density at radius 1 is 0.939 bits per heavy atom. The molecule has 1 N–H and O–H groups in total. The van der Waals surface area contributed by atoms with Gasteiger partial charge in [0, 0.05) is 45.2 Å². The first-order chi connectivity index (χ1) is 16.2. The van der Waals surface area contributed by atoms with E-state index in [0.717, 1.165) is 58.4 Å². The number of hydrogen-bond acceptors (Lipinski definition) is 4. The second-order valence-electron chi connectivity index (χ2n) is 10.7. The van der Waals surface area contributed by atoms with E-state index in [1.54, 1.807) is 0 Å². The van der Waals surface area contributed by atoms with Crippen LogP contribution in [0.3, 0.4) is 0 Å². The van der Waals surface area contributed by atoms with Crippen LogP contribution in [-0.2, 0) is 14.3 Å². The van der Waals surface area contributed by atoms with Crippen molar-refractivity contribution in [2.24, 2.45) is 23.7 Å². The summed E-state index contributed by atoms with van der Waals surface area (Å²) in [5.74, 6) is 2.04. The van der Waals surface area contributed by atoms with Gasteiger partial charge in [-0.05, 0) is 43.1 Å². The minimum absolute atomic E-state index is 0.0185. The zero-order chi connectivity index (χ0) is 22.6. The van der Waals surface area contributed by atoms with E-state index in [9.17, 15) is 9.59 Å². The van der Waals surface area contributed by atoms with E-state index in [1.807, 2.05) is 18.2 Å². The molecule has 0 aromatic heterocycles. The van der Waals surface area contributed by atoms with Gasteiger partial charge in [-0.15, -0.1) is 0 Å². The predicted molar refractivity (Wildman–Crippen MR) is 127 cm³/mol. The number of likely N-dealkylation sites (tertiary alicyclic amines) is 2. The molecule has 0 spiro atoms. The van der Waals surface area contributed by atoms with Crippen LogP contribution in [0.5, 0.6) is 0 Å². The van der Waals surface area contributed by atoms with Crippen LogP contribution in [0.4, 0.5) is 0 Å². The van der Waals surface area contributed by atoms with Gasteiger partial charge in [-0.3, -0.25) is 9.59 Å². The first-order valence-corrected chi connectivity index (χ1v) is 13.1. The Labute approximate surface area is 198 Å². The third kappa shape index (κ3) is 5.43. The number of carbonyl (C=O) groups is 2. The summed E-state index contributed by atoms with van der Waals surface area (Å²) in [5.41, 5.74) is 1.17. The summed E-state index contributed by atoms with van der Waals surface area (Å²) >= 11 is 0. The standard InChI is InChI=1S/C27H39N3O3/c31-26(22-12-14-33-19-22)28-25(20-7-3-1-4-8-20)11-13-29-15-23-17-30(18-24(23)16-29)27(32)21-9-5-2-6-10-21/h1,3-4,7-8,21-25H,2,5-6,9-19H2,(H,28,31)/t22?,23?,24?,25-/m0/s1. The Bertz CT molecular complexity index is 790. The smallest absolute Gasteiger partial charge is 0.226 e. The Morgan fingerprint density at radius 2 is 1.67 bits per heavy atom. The molecule has 4 fully saturated rings. The van der Waals surface area contributed by atoms with Crippen molar-refractivity contribution < 1.29 is 14.3 Å². The number of benzene rings is 1. The molecule has 1 aromatic carbocycles. The molecule has 6 nitrogen and oxygen atoms in total. The van der Waals surface area contributed by atoms with Gasteiger partial charge in [0.15, 0.2) is 0 Å². The number of amides is 2. The molecule has 3 saturated heterocycles. The van der Waals surface area contributed by atoms with Crippen LogP contribution in [0, 0.1) is 23.7 Å². The monoisotopic (exact) mass is 453 g/mol. The number of carbonyl (C=O) groups excluding carboxylic acids is 2. The molecule has 6 heteroatoms. The quantitative estimate of drug-likeness (QED) is 0.689. The Hall–Kier alpha value is -1.92. The van der Waals surface area contributed by atoms with Crippen molar-refractivity contribution in [3.8, 4) is 0 Å². The molecule has 1 aromatic rings. The molecule has 2 amide bonds. The fourth-order valence-corrected chi connectivity index (χ4v) is 6.41. The van der Waals surface area contributed by atoms with Gasteiger partial charge in [-0.1, -0.05) is 49.6 Å². The van der Waals surface area contributed by atoms with E-state index in [-0.39, 0.29) is 23.8 Å². The Kier molecular flexibility index (Phi) is 7.31. The average molecular weight is 454 g/mol. The first-order valence-electron chi connectivity index (χ1n) is 13.1. The maximum absolute atomic E-state index is 13.0. The highest BCUT2D eigenvalue weighted by Gasteiger charge is 2.42. The molecular formula is C27H39N3O3. The van der Waals surface area contributed by atoms with E-state index < -0.39 is 0 Å². The molecular weight excluding hydrogens is 414 g/mol. The van der Waals surface area contributed by atoms with E-state index in [1.165, 1.54) is 24.8 Å². The second-order valence-corrected chi connectivity index (χ2v) is 10.7. The van der Waals surface area contributed by atoms with Crippen LogP contribution in [-0.4, -0.2) is 67.6 Å². The third-order valence-corrected chi connectivity index (χ3v) is 8.38. The summed E-state index contributed by atoms with van der Waals surface area (Å²) in [6.45, 7) is 6.23. The molecule has 3 aliphatic heterocycles. The Morgan fingerprint density at radius 3 is 2.33 bits per heavy atom. The molecule has 3 unspecified atom stereocenters. The molecule has 5 rings (SSSR count). The maximum atomic E-state index is 13.0. The van der Waals surface area contributed by atoms with Gasteiger partial charge in [0.2, 0.25) is 11.8 Å². The van der Waals surface area contributed by atoms with Crippen molar-refractivity contribution in [1.29, 1.82) is 0 Å². The van der Waals surface area contributed by atoms with E-state index in [4.69, 9.17) is 4.74 Å². The minimum Gasteiger partial charge on any atom is -0.381 e. The summed E-state index contributed by atoms with van der Waals surface area (Å²) in [5, 5.41) is 3.31. The van der Waals surface area contributed by atoms with Gasteiger partial charge in [0.05, 0.1) is 18.6 Å². The molecule has 1 saturated carbocycles. The topological polar surface area (TPSA) is 61.9 Å². The van der Waals surface area contributed by atoms with Crippen molar-refractivity contribution in [3.05, 3.63) is 35.9 Å². The highest BCUT2D eigenvalue weighted by atomic mass is 16.5. The average Bonchev–Trinajstić information content (AvgIpc) is 3.59. The van der Waals surface area contributed by atoms with Gasteiger partial charge in [-0.25, -0.2) is 0 Å². The van der Waals surface area contributed by atoms with Gasteiger partial charge < -0.3 is 19.9 Å². The molecule has 0 bridgehead atoms. The molecule has 4 atom stereocenters. The van der Waals surface area contributed by atoms with Crippen molar-refractivity contribution in [2.45, 2.75) is 51.0 Å². The zero-order valence-corrected chi connectivity index (χ0v) is 19.8. The van der Waals surface area contributed by atoms with Gasteiger partial charge in [-0.2, -0.15) is 0 Å². The predicted octanol–water partition coefficient (Wildman–Crippen LogP) is 3.24. The van der Waals surface area contributed by atoms with Gasteiger partial charge in [0.25, 0.3) is 0 Å². The Balaban J connectivity index is 1.13. The van der Waals surface area contributed by atoms with Gasteiger partial charge in [0.1, 0.15) is 0 Å². The lowest BCUT2D eigenvalue weighted by molar-refractivity contribution is -0.135. The summed E-state index contributed by atoms with van der Waals surface area (Å²) in [7, 11) is 0. The van der Waals surface area contributed by atoms with Crippen molar-refractivity contribution in [2.75, 3.05) is 45.9 Å². The highest BCUT2D eigenvalue weighted by Crippen LogP contribution is 2.34. The molecule has 3 heterocycles. The summed E-state index contributed by atoms with van der Waals surface area (Å²) < 4.78 is 5.42. The fraction of sp³-hybridized carbons (Fsp3) is 0.704. The first kappa shape index (κ1) is 22.9. The van der Waals surface area contributed by atoms with Crippen LogP contribution in [0.15, 0.2) is 30.3 Å². The molecule has 33 heavy (non-hydrogen) atoms. The third-order valence-electron chi connectivity index (χ3n) is 8.38. The van der Waals surface area contributed by atoms with Crippen LogP contribution >= 0.6 is 0 Å². The zero-order valence-electron chi connectivity index (χ0n) is 19.8. The van der Waals surface area contributed by atoms with Crippen LogP contribution < -0.4 is 5.32 Å². The second kappa shape index (κ2) is 10.6.